The second kappa shape index (κ2) is 9.39. The average molecular weight is 423 g/mol. The smallest absolute Gasteiger partial charge is 0.306 e. The van der Waals surface area contributed by atoms with E-state index in [9.17, 15) is 9.59 Å². The Kier molecular flexibility index (Phi) is 6.43. The first-order chi connectivity index (χ1) is 14.6. The third-order valence-corrected chi connectivity index (χ3v) is 6.64. The Balaban J connectivity index is 1.28. The molecule has 0 saturated carbocycles. The van der Waals surface area contributed by atoms with Gasteiger partial charge in [0.05, 0.1) is 5.69 Å². The maximum Gasteiger partial charge on any atom is 0.306 e. The molecule has 2 heterocycles. The Labute approximate surface area is 180 Å². The number of anilines is 1. The van der Waals surface area contributed by atoms with Gasteiger partial charge in [0.2, 0.25) is 0 Å². The van der Waals surface area contributed by atoms with Crippen molar-refractivity contribution < 1.29 is 14.3 Å². The van der Waals surface area contributed by atoms with Crippen molar-refractivity contribution in [3.8, 4) is 0 Å². The number of aromatic amines is 1. The number of para-hydroxylation sites is 2. The van der Waals surface area contributed by atoms with Crippen LogP contribution in [0.25, 0.3) is 10.9 Å². The van der Waals surface area contributed by atoms with E-state index in [-0.39, 0.29) is 18.5 Å². The molecule has 4 rings (SSSR count). The summed E-state index contributed by atoms with van der Waals surface area (Å²) in [4.78, 5) is 31.1. The minimum absolute atomic E-state index is 0.165. The van der Waals surface area contributed by atoms with Gasteiger partial charge in [-0.1, -0.05) is 37.3 Å². The molecule has 1 aromatic heterocycles. The van der Waals surface area contributed by atoms with Crippen molar-refractivity contribution >= 4 is 40.2 Å². The van der Waals surface area contributed by atoms with Crippen molar-refractivity contribution in [2.75, 3.05) is 18.1 Å². The lowest BCUT2D eigenvalue weighted by molar-refractivity contribution is -0.147. The highest BCUT2D eigenvalue weighted by molar-refractivity contribution is 8.00. The largest absolute Gasteiger partial charge is 0.456 e. The van der Waals surface area contributed by atoms with Crippen LogP contribution in [0, 0.1) is 0 Å². The average Bonchev–Trinajstić information content (AvgIpc) is 3.08. The van der Waals surface area contributed by atoms with Crippen molar-refractivity contribution in [1.29, 1.82) is 0 Å². The second-order valence-electron chi connectivity index (χ2n) is 7.60. The molecule has 3 aromatic rings. The number of aromatic nitrogens is 1. The van der Waals surface area contributed by atoms with Gasteiger partial charge >= 0.3 is 5.97 Å². The summed E-state index contributed by atoms with van der Waals surface area (Å²) in [6.45, 7) is 2.60. The van der Waals surface area contributed by atoms with Gasteiger partial charge in [0.25, 0.3) is 5.91 Å². The molecule has 0 saturated heterocycles. The number of amides is 1. The third-order valence-electron chi connectivity index (χ3n) is 5.40. The van der Waals surface area contributed by atoms with Crippen LogP contribution in [0.4, 0.5) is 5.69 Å². The van der Waals surface area contributed by atoms with Crippen LogP contribution in [-0.2, 0) is 20.7 Å². The van der Waals surface area contributed by atoms with Crippen LogP contribution in [0.3, 0.4) is 0 Å². The number of benzene rings is 2. The zero-order valence-electron chi connectivity index (χ0n) is 17.1. The molecule has 5 nitrogen and oxygen atoms in total. The van der Waals surface area contributed by atoms with E-state index in [0.29, 0.717) is 24.6 Å². The monoisotopic (exact) mass is 422 g/mol. The molecule has 30 heavy (non-hydrogen) atoms. The molecule has 0 fully saturated rings. The number of rotatable bonds is 6. The van der Waals surface area contributed by atoms with Crippen LogP contribution in [0.2, 0.25) is 0 Å². The number of hydrogen-bond donors (Lipinski definition) is 1. The zero-order chi connectivity index (χ0) is 20.9. The van der Waals surface area contributed by atoms with Gasteiger partial charge in [-0.25, -0.2) is 0 Å². The molecular formula is C24H26N2O3S. The third kappa shape index (κ3) is 4.70. The summed E-state index contributed by atoms with van der Waals surface area (Å²) in [5, 5.41) is 1.63. The fourth-order valence-electron chi connectivity index (χ4n) is 3.80. The van der Waals surface area contributed by atoms with E-state index >= 15 is 0 Å². The molecule has 0 spiro atoms. The first kappa shape index (κ1) is 20.5. The van der Waals surface area contributed by atoms with Crippen LogP contribution in [0.15, 0.2) is 59.6 Å². The lowest BCUT2D eigenvalue weighted by Crippen LogP contribution is -2.35. The summed E-state index contributed by atoms with van der Waals surface area (Å²) in [5.41, 5.74) is 3.21. The maximum atomic E-state index is 12.8. The number of fused-ring (bicyclic) bond motifs is 2. The topological polar surface area (TPSA) is 62.4 Å². The number of carbonyl (C=O) groups is 2. The molecule has 6 heteroatoms. The number of nitrogens with zero attached hydrogens (tertiary/aromatic N) is 1. The molecule has 1 aliphatic heterocycles. The van der Waals surface area contributed by atoms with Crippen molar-refractivity contribution in [3.63, 3.8) is 0 Å². The molecular weight excluding hydrogens is 396 g/mol. The van der Waals surface area contributed by atoms with Gasteiger partial charge in [-0.3, -0.25) is 9.59 Å². The van der Waals surface area contributed by atoms with Crippen LogP contribution in [0.1, 0.15) is 31.7 Å². The Morgan fingerprint density at radius 1 is 1.17 bits per heavy atom. The Bertz CT molecular complexity index is 1050. The van der Waals surface area contributed by atoms with Crippen molar-refractivity contribution in [2.45, 2.75) is 42.8 Å². The van der Waals surface area contributed by atoms with Crippen molar-refractivity contribution in [2.24, 2.45) is 0 Å². The Morgan fingerprint density at radius 3 is 2.87 bits per heavy atom. The SMILES string of the molecule is C[C@H]1CCN(C(=O)COC(=O)CCCc2c[nH]c3ccccc23)c2ccccc2S1. The van der Waals surface area contributed by atoms with E-state index in [1.165, 1.54) is 10.9 Å². The Hall–Kier alpha value is -2.73. The van der Waals surface area contributed by atoms with E-state index in [4.69, 9.17) is 4.74 Å². The van der Waals surface area contributed by atoms with E-state index in [1.807, 2.05) is 48.7 Å². The standard InChI is InChI=1S/C24H26N2O3S/c1-17-13-14-26(21-10-4-5-11-22(21)30-17)23(27)16-29-24(28)12-6-7-18-15-25-20-9-3-2-8-19(18)20/h2-5,8-11,15,17,25H,6-7,12-14,16H2,1H3/t17-/m0/s1. The van der Waals surface area contributed by atoms with Crippen molar-refractivity contribution in [1.82, 2.24) is 4.98 Å². The van der Waals surface area contributed by atoms with Crippen LogP contribution >= 0.6 is 11.8 Å². The van der Waals surface area contributed by atoms with Crippen molar-refractivity contribution in [3.05, 3.63) is 60.3 Å². The summed E-state index contributed by atoms with van der Waals surface area (Å²) >= 11 is 1.78. The summed E-state index contributed by atoms with van der Waals surface area (Å²) < 4.78 is 5.30. The van der Waals surface area contributed by atoms with E-state index in [1.54, 1.807) is 16.7 Å². The summed E-state index contributed by atoms with van der Waals surface area (Å²) in [7, 11) is 0. The fraction of sp³-hybridized carbons (Fsp3) is 0.333. The summed E-state index contributed by atoms with van der Waals surface area (Å²) in [6.07, 6.45) is 4.69. The second-order valence-corrected chi connectivity index (χ2v) is 9.08. The number of hydrogen-bond acceptors (Lipinski definition) is 4. The number of carbonyl (C=O) groups excluding carboxylic acids is 2. The molecule has 1 amide bonds. The van der Waals surface area contributed by atoms with Crippen LogP contribution in [-0.4, -0.2) is 35.3 Å². The predicted octanol–water partition coefficient (Wildman–Crippen LogP) is 4.95. The fourth-order valence-corrected chi connectivity index (χ4v) is 4.91. The minimum atomic E-state index is -0.325. The number of nitrogens with one attached hydrogen (secondary N) is 1. The minimum Gasteiger partial charge on any atom is -0.456 e. The number of H-pyrrole nitrogens is 1. The molecule has 0 bridgehead atoms. The number of ether oxygens (including phenoxy) is 1. The highest BCUT2D eigenvalue weighted by atomic mass is 32.2. The highest BCUT2D eigenvalue weighted by Crippen LogP contribution is 2.37. The van der Waals surface area contributed by atoms with Gasteiger partial charge in [0.15, 0.2) is 6.61 Å². The van der Waals surface area contributed by atoms with Gasteiger partial charge in [-0.05, 0) is 43.0 Å². The predicted molar refractivity (Wildman–Crippen MR) is 121 cm³/mol. The molecule has 0 radical (unpaired) electrons. The van der Waals surface area contributed by atoms with Crippen LogP contribution < -0.4 is 4.90 Å². The van der Waals surface area contributed by atoms with E-state index in [0.717, 1.165) is 28.9 Å². The van der Waals surface area contributed by atoms with Gasteiger partial charge in [-0.15, -0.1) is 11.8 Å². The maximum absolute atomic E-state index is 12.8. The van der Waals surface area contributed by atoms with Gasteiger partial charge in [0, 0.05) is 40.2 Å². The molecule has 1 N–H and O–H groups in total. The van der Waals surface area contributed by atoms with Crippen LogP contribution in [0.5, 0.6) is 0 Å². The summed E-state index contributed by atoms with van der Waals surface area (Å²) in [6, 6.07) is 16.1. The summed E-state index contributed by atoms with van der Waals surface area (Å²) in [5.74, 6) is -0.490. The lowest BCUT2D eigenvalue weighted by atomic mass is 10.1. The molecule has 1 atom stereocenters. The first-order valence-corrected chi connectivity index (χ1v) is 11.3. The highest BCUT2D eigenvalue weighted by Gasteiger charge is 2.24. The first-order valence-electron chi connectivity index (χ1n) is 10.4. The number of thioether (sulfide) groups is 1. The van der Waals surface area contributed by atoms with E-state index in [2.05, 4.69) is 18.0 Å². The number of aryl methyl sites for hydroxylation is 1. The molecule has 0 aliphatic carbocycles. The molecule has 156 valence electrons. The van der Waals surface area contributed by atoms with E-state index < -0.39 is 0 Å². The molecule has 1 aliphatic rings. The van der Waals surface area contributed by atoms with Gasteiger partial charge in [-0.2, -0.15) is 0 Å². The van der Waals surface area contributed by atoms with Gasteiger partial charge in [0.1, 0.15) is 0 Å². The normalized spacial score (nSPS) is 16.2. The van der Waals surface area contributed by atoms with Gasteiger partial charge < -0.3 is 14.6 Å². The number of esters is 1. The lowest BCUT2D eigenvalue weighted by Gasteiger charge is -2.22. The molecule has 2 aromatic carbocycles. The zero-order valence-corrected chi connectivity index (χ0v) is 17.9. The Morgan fingerprint density at radius 2 is 1.97 bits per heavy atom. The quantitative estimate of drug-likeness (QED) is 0.571. The molecule has 0 unspecified atom stereocenters.